The van der Waals surface area contributed by atoms with E-state index in [0.717, 1.165) is 12.1 Å². The molecule has 0 aliphatic heterocycles. The third-order valence-corrected chi connectivity index (χ3v) is 3.85. The fourth-order valence-electron chi connectivity index (χ4n) is 1.37. The molecular formula is C11H15F2NO3S. The molecule has 0 heterocycles. The van der Waals surface area contributed by atoms with Crippen LogP contribution in [0.3, 0.4) is 0 Å². The number of nitrogens with two attached hydrogens (primary N) is 1. The van der Waals surface area contributed by atoms with E-state index in [1.807, 2.05) is 0 Å². The molecule has 1 aromatic carbocycles. The normalized spacial score (nSPS) is 12.1. The van der Waals surface area contributed by atoms with Crippen LogP contribution in [0.1, 0.15) is 13.8 Å². The predicted molar refractivity (Wildman–Crippen MR) is 63.9 cm³/mol. The Morgan fingerprint density at radius 2 is 1.78 bits per heavy atom. The highest BCUT2D eigenvalue weighted by Gasteiger charge is 2.24. The maximum Gasteiger partial charge on any atom is 0.186 e. The third kappa shape index (κ3) is 3.64. The van der Waals surface area contributed by atoms with Crippen molar-refractivity contribution in [1.29, 1.82) is 0 Å². The van der Waals surface area contributed by atoms with Crippen molar-refractivity contribution in [3.8, 4) is 0 Å². The highest BCUT2D eigenvalue weighted by molar-refractivity contribution is 7.91. The Kier molecular flexibility index (Phi) is 4.64. The zero-order valence-electron chi connectivity index (χ0n) is 10.1. The molecule has 1 aromatic rings. The van der Waals surface area contributed by atoms with Crippen LogP contribution in [0.4, 0.5) is 14.5 Å². The van der Waals surface area contributed by atoms with Crippen LogP contribution in [0.25, 0.3) is 0 Å². The van der Waals surface area contributed by atoms with Crippen molar-refractivity contribution in [2.75, 3.05) is 18.1 Å². The largest absolute Gasteiger partial charge is 0.399 e. The third-order valence-electron chi connectivity index (χ3n) is 2.13. The number of hydrogen-bond acceptors (Lipinski definition) is 4. The Morgan fingerprint density at radius 3 is 2.22 bits per heavy atom. The lowest BCUT2D eigenvalue weighted by Crippen LogP contribution is -2.17. The minimum Gasteiger partial charge on any atom is -0.399 e. The van der Waals surface area contributed by atoms with E-state index in [1.54, 1.807) is 13.8 Å². The number of halogens is 2. The minimum atomic E-state index is -4.06. The van der Waals surface area contributed by atoms with Gasteiger partial charge >= 0.3 is 0 Å². The van der Waals surface area contributed by atoms with Gasteiger partial charge in [0.1, 0.15) is 16.5 Å². The monoisotopic (exact) mass is 279 g/mol. The maximum absolute atomic E-state index is 13.5. The zero-order chi connectivity index (χ0) is 13.9. The summed E-state index contributed by atoms with van der Waals surface area (Å²) in [4.78, 5) is -0.955. The molecule has 0 saturated heterocycles. The van der Waals surface area contributed by atoms with Crippen LogP contribution in [0, 0.1) is 11.6 Å². The van der Waals surface area contributed by atoms with Crippen molar-refractivity contribution in [3.63, 3.8) is 0 Å². The molecular weight excluding hydrogens is 264 g/mol. The average Bonchev–Trinajstić information content (AvgIpc) is 2.13. The van der Waals surface area contributed by atoms with Gasteiger partial charge in [-0.3, -0.25) is 0 Å². The molecule has 0 saturated carbocycles. The molecule has 0 aliphatic rings. The van der Waals surface area contributed by atoms with E-state index in [9.17, 15) is 17.2 Å². The molecule has 0 unspecified atom stereocenters. The highest BCUT2D eigenvalue weighted by atomic mass is 32.2. The molecule has 0 aliphatic carbocycles. The Morgan fingerprint density at radius 1 is 1.28 bits per heavy atom. The van der Waals surface area contributed by atoms with E-state index >= 15 is 0 Å². The molecule has 0 radical (unpaired) electrons. The van der Waals surface area contributed by atoms with Crippen LogP contribution in [0.15, 0.2) is 17.0 Å². The smallest absolute Gasteiger partial charge is 0.186 e. The van der Waals surface area contributed by atoms with Gasteiger partial charge in [-0.2, -0.15) is 0 Å². The minimum absolute atomic E-state index is 0.122. The van der Waals surface area contributed by atoms with Crippen molar-refractivity contribution in [1.82, 2.24) is 0 Å². The van der Waals surface area contributed by atoms with Crippen molar-refractivity contribution in [3.05, 3.63) is 23.8 Å². The summed E-state index contributed by atoms with van der Waals surface area (Å²) in [6.07, 6.45) is -0.152. The van der Waals surface area contributed by atoms with Crippen molar-refractivity contribution < 1.29 is 21.9 Å². The molecule has 18 heavy (non-hydrogen) atoms. The van der Waals surface area contributed by atoms with Gasteiger partial charge in [0.15, 0.2) is 9.84 Å². The summed E-state index contributed by atoms with van der Waals surface area (Å²) >= 11 is 0. The summed E-state index contributed by atoms with van der Waals surface area (Å²) in [5, 5.41) is 0. The van der Waals surface area contributed by atoms with E-state index in [1.165, 1.54) is 0 Å². The number of nitrogen functional groups attached to an aromatic ring is 1. The molecule has 4 nitrogen and oxygen atoms in total. The van der Waals surface area contributed by atoms with E-state index in [0.29, 0.717) is 0 Å². The van der Waals surface area contributed by atoms with Crippen LogP contribution >= 0.6 is 0 Å². The maximum atomic E-state index is 13.5. The summed E-state index contributed by atoms with van der Waals surface area (Å²) in [5.74, 6) is -2.85. The summed E-state index contributed by atoms with van der Waals surface area (Å²) in [5.41, 5.74) is 5.05. The first-order valence-electron chi connectivity index (χ1n) is 5.33. The summed E-state index contributed by atoms with van der Waals surface area (Å²) < 4.78 is 55.5. The van der Waals surface area contributed by atoms with Crippen molar-refractivity contribution in [2.24, 2.45) is 0 Å². The summed E-state index contributed by atoms with van der Waals surface area (Å²) in [7, 11) is -4.06. The van der Waals surface area contributed by atoms with Crippen molar-refractivity contribution in [2.45, 2.75) is 24.8 Å². The number of hydrogen-bond donors (Lipinski definition) is 1. The van der Waals surface area contributed by atoms with Crippen LogP contribution in [0.5, 0.6) is 0 Å². The van der Waals surface area contributed by atoms with Gasteiger partial charge in [-0.1, -0.05) is 0 Å². The van der Waals surface area contributed by atoms with E-state index in [4.69, 9.17) is 10.5 Å². The number of benzene rings is 1. The second-order valence-electron chi connectivity index (χ2n) is 4.05. The lowest BCUT2D eigenvalue weighted by molar-refractivity contribution is 0.0912. The van der Waals surface area contributed by atoms with Crippen LogP contribution in [-0.4, -0.2) is 26.9 Å². The molecule has 1 rings (SSSR count). The number of rotatable bonds is 5. The van der Waals surface area contributed by atoms with Crippen molar-refractivity contribution >= 4 is 15.5 Å². The highest BCUT2D eigenvalue weighted by Crippen LogP contribution is 2.22. The van der Waals surface area contributed by atoms with Gasteiger partial charge in [0.2, 0.25) is 0 Å². The molecule has 2 N–H and O–H groups in total. The predicted octanol–water partition coefficient (Wildman–Crippen LogP) is 1.75. The molecule has 7 heteroatoms. The molecule has 0 bridgehead atoms. The molecule has 0 spiro atoms. The second kappa shape index (κ2) is 5.62. The number of ether oxygens (including phenoxy) is 1. The average molecular weight is 279 g/mol. The Labute approximate surface area is 105 Å². The lowest BCUT2D eigenvalue weighted by Gasteiger charge is -2.10. The van der Waals surface area contributed by atoms with Gasteiger partial charge < -0.3 is 10.5 Å². The Hall–Kier alpha value is -1.21. The first-order chi connectivity index (χ1) is 8.24. The summed E-state index contributed by atoms with van der Waals surface area (Å²) in [6, 6.07) is 1.55. The lowest BCUT2D eigenvalue weighted by atomic mass is 10.3. The SMILES string of the molecule is CC(C)OCCS(=O)(=O)c1c(F)cc(N)cc1F. The quantitative estimate of drug-likeness (QED) is 0.834. The topological polar surface area (TPSA) is 69.4 Å². The van der Waals surface area contributed by atoms with Gasteiger partial charge in [0, 0.05) is 5.69 Å². The van der Waals surface area contributed by atoms with Gasteiger partial charge in [-0.15, -0.1) is 0 Å². The second-order valence-corrected chi connectivity index (χ2v) is 6.10. The first kappa shape index (κ1) is 14.8. The molecule has 102 valence electrons. The fourth-order valence-corrected chi connectivity index (χ4v) is 2.60. The van der Waals surface area contributed by atoms with Crippen LogP contribution < -0.4 is 5.73 Å². The Balaban J connectivity index is 2.99. The van der Waals surface area contributed by atoms with Gasteiger partial charge in [-0.25, -0.2) is 17.2 Å². The summed E-state index contributed by atoms with van der Waals surface area (Å²) in [6.45, 7) is 3.34. The molecule has 0 aromatic heterocycles. The van der Waals surface area contributed by atoms with Crippen LogP contribution in [0.2, 0.25) is 0 Å². The number of anilines is 1. The van der Waals surface area contributed by atoms with E-state index in [-0.39, 0.29) is 18.4 Å². The van der Waals surface area contributed by atoms with Gasteiger partial charge in [0.25, 0.3) is 0 Å². The Bertz CT molecular complexity index is 506. The van der Waals surface area contributed by atoms with E-state index in [2.05, 4.69) is 0 Å². The van der Waals surface area contributed by atoms with Gasteiger partial charge in [0.05, 0.1) is 18.5 Å². The fraction of sp³-hybridized carbons (Fsp3) is 0.455. The number of sulfone groups is 1. The zero-order valence-corrected chi connectivity index (χ0v) is 10.9. The van der Waals surface area contributed by atoms with Gasteiger partial charge in [-0.05, 0) is 26.0 Å². The standard InChI is InChI=1S/C11H15F2NO3S/c1-7(2)17-3-4-18(15,16)11-9(12)5-8(14)6-10(11)13/h5-7H,3-4,14H2,1-2H3. The molecule has 0 fully saturated rings. The van der Waals surface area contributed by atoms with Crippen LogP contribution in [-0.2, 0) is 14.6 Å². The molecule has 0 amide bonds. The molecule has 0 atom stereocenters. The first-order valence-corrected chi connectivity index (χ1v) is 6.98. The van der Waals surface area contributed by atoms with E-state index < -0.39 is 32.1 Å².